The zero-order valence-corrected chi connectivity index (χ0v) is 18.6. The summed E-state index contributed by atoms with van der Waals surface area (Å²) in [6.07, 6.45) is 2.09. The molecule has 1 atom stereocenters. The molecule has 0 aromatic heterocycles. The van der Waals surface area contributed by atoms with Gasteiger partial charge in [-0.25, -0.2) is 4.39 Å². The number of halogens is 2. The molecule has 0 aliphatic carbocycles. The molecule has 1 fully saturated rings. The first kappa shape index (κ1) is 19.6. The molecule has 5 rings (SSSR count). The van der Waals surface area contributed by atoms with Gasteiger partial charge in [0.1, 0.15) is 5.82 Å². The molecule has 0 N–H and O–H groups in total. The zero-order valence-electron chi connectivity index (χ0n) is 17.0. The van der Waals surface area contributed by atoms with E-state index < -0.39 is 16.2 Å². The smallest absolute Gasteiger partial charge is 0.269 e. The first-order chi connectivity index (χ1) is 14.1. The summed E-state index contributed by atoms with van der Waals surface area (Å²) in [5, 5.41) is -0.0242. The number of thioether (sulfide) groups is 1. The Morgan fingerprint density at radius 3 is 2.53 bits per heavy atom. The Kier molecular flexibility index (Phi) is 4.00. The van der Waals surface area contributed by atoms with Gasteiger partial charge in [-0.05, 0) is 63.1 Å². The highest BCUT2D eigenvalue weighted by Gasteiger charge is 2.64. The van der Waals surface area contributed by atoms with Gasteiger partial charge in [-0.2, -0.15) is 0 Å². The summed E-state index contributed by atoms with van der Waals surface area (Å²) < 4.78 is 14.3. The fourth-order valence-corrected chi connectivity index (χ4v) is 6.39. The van der Waals surface area contributed by atoms with Crippen LogP contribution < -0.4 is 9.80 Å². The minimum atomic E-state index is -1.26. The van der Waals surface area contributed by atoms with Crippen LogP contribution in [0.5, 0.6) is 0 Å². The van der Waals surface area contributed by atoms with Crippen molar-refractivity contribution in [1.29, 1.82) is 0 Å². The van der Waals surface area contributed by atoms with Gasteiger partial charge in [-0.1, -0.05) is 23.7 Å². The Hall–Kier alpha value is -2.31. The number of nitrogens with zero attached hydrogens (tertiary/aromatic N) is 2. The van der Waals surface area contributed by atoms with E-state index in [-0.39, 0.29) is 22.6 Å². The number of allylic oxidation sites excluding steroid dienone is 1. The van der Waals surface area contributed by atoms with Gasteiger partial charge in [0.2, 0.25) is 10.8 Å². The number of amides is 2. The predicted molar refractivity (Wildman–Crippen MR) is 119 cm³/mol. The van der Waals surface area contributed by atoms with Crippen LogP contribution in [0.15, 0.2) is 36.4 Å². The van der Waals surface area contributed by atoms with E-state index in [4.69, 9.17) is 11.6 Å². The van der Waals surface area contributed by atoms with Gasteiger partial charge in [-0.3, -0.25) is 19.4 Å². The predicted octanol–water partition coefficient (Wildman–Crippen LogP) is 5.26. The molecule has 154 valence electrons. The summed E-state index contributed by atoms with van der Waals surface area (Å²) in [6, 6.07) is 8.30. The summed E-state index contributed by atoms with van der Waals surface area (Å²) in [7, 11) is 0. The summed E-state index contributed by atoms with van der Waals surface area (Å²) in [4.78, 5) is 29.1. The molecule has 3 heterocycles. The number of hydrogen-bond acceptors (Lipinski definition) is 3. The van der Waals surface area contributed by atoms with Crippen LogP contribution in [0, 0.1) is 12.7 Å². The quantitative estimate of drug-likeness (QED) is 0.604. The maximum Gasteiger partial charge on any atom is 0.269 e. The van der Waals surface area contributed by atoms with Crippen LogP contribution in [-0.2, 0) is 14.5 Å². The van der Waals surface area contributed by atoms with Crippen LogP contribution in [0.3, 0.4) is 0 Å². The third-order valence-corrected chi connectivity index (χ3v) is 7.73. The van der Waals surface area contributed by atoms with Crippen molar-refractivity contribution >= 4 is 52.1 Å². The second-order valence-electron chi connectivity index (χ2n) is 8.59. The van der Waals surface area contributed by atoms with Crippen molar-refractivity contribution in [3.8, 4) is 0 Å². The van der Waals surface area contributed by atoms with Gasteiger partial charge in [0.05, 0.1) is 22.0 Å². The van der Waals surface area contributed by atoms with E-state index in [1.807, 2.05) is 33.8 Å². The second-order valence-corrected chi connectivity index (χ2v) is 10.2. The normalized spacial score (nSPS) is 24.0. The van der Waals surface area contributed by atoms with Crippen molar-refractivity contribution in [2.45, 2.75) is 38.1 Å². The molecule has 0 radical (unpaired) electrons. The van der Waals surface area contributed by atoms with Crippen LogP contribution in [0.25, 0.3) is 5.57 Å². The Morgan fingerprint density at radius 1 is 1.10 bits per heavy atom. The lowest BCUT2D eigenvalue weighted by atomic mass is 9.88. The summed E-state index contributed by atoms with van der Waals surface area (Å²) >= 11 is 7.16. The van der Waals surface area contributed by atoms with Crippen LogP contribution in [0.4, 0.5) is 15.8 Å². The highest BCUT2D eigenvalue weighted by Crippen LogP contribution is 2.60. The monoisotopic (exact) mass is 442 g/mol. The molecule has 3 aliphatic heterocycles. The van der Waals surface area contributed by atoms with Gasteiger partial charge in [0, 0.05) is 16.8 Å². The van der Waals surface area contributed by atoms with Gasteiger partial charge >= 0.3 is 0 Å². The summed E-state index contributed by atoms with van der Waals surface area (Å²) in [5.74, 6) is -0.889. The van der Waals surface area contributed by atoms with Gasteiger partial charge in [-0.15, -0.1) is 11.8 Å². The fourth-order valence-electron chi connectivity index (χ4n) is 4.95. The molecule has 2 aromatic rings. The fraction of sp³-hybridized carbons (Fsp3) is 0.304. The van der Waals surface area contributed by atoms with E-state index in [1.54, 1.807) is 11.0 Å². The van der Waals surface area contributed by atoms with Crippen LogP contribution in [0.1, 0.15) is 37.5 Å². The number of carbonyl (C=O) groups is 2. The van der Waals surface area contributed by atoms with Crippen LogP contribution >= 0.6 is 23.4 Å². The minimum absolute atomic E-state index is 0.0242. The number of carbonyl (C=O) groups excluding carboxylic acids is 2. The summed E-state index contributed by atoms with van der Waals surface area (Å²) in [5.41, 5.74) is 4.51. The van der Waals surface area contributed by atoms with E-state index in [0.29, 0.717) is 5.69 Å². The first-order valence-corrected chi connectivity index (χ1v) is 11.1. The number of fused-ring (bicyclic) bond motifs is 1. The lowest BCUT2D eigenvalue weighted by Gasteiger charge is -2.40. The lowest BCUT2D eigenvalue weighted by molar-refractivity contribution is -0.124. The average Bonchev–Trinajstić information content (AvgIpc) is 3.13. The third-order valence-electron chi connectivity index (χ3n) is 6.04. The number of aryl methyl sites for hydroxylation is 1. The Bertz CT molecular complexity index is 1190. The van der Waals surface area contributed by atoms with Crippen molar-refractivity contribution in [2.24, 2.45) is 0 Å². The largest absolute Gasteiger partial charge is 0.299 e. The Balaban J connectivity index is 1.82. The van der Waals surface area contributed by atoms with E-state index in [0.717, 1.165) is 28.0 Å². The van der Waals surface area contributed by atoms with E-state index in [1.165, 1.54) is 28.8 Å². The zero-order chi connectivity index (χ0) is 21.6. The van der Waals surface area contributed by atoms with Crippen molar-refractivity contribution in [1.82, 2.24) is 0 Å². The molecule has 7 heteroatoms. The van der Waals surface area contributed by atoms with Crippen LogP contribution in [-0.4, -0.2) is 23.1 Å². The average molecular weight is 443 g/mol. The number of hydrogen-bond donors (Lipinski definition) is 0. The molecule has 0 unspecified atom stereocenters. The molecule has 2 aromatic carbocycles. The molecule has 30 heavy (non-hydrogen) atoms. The highest BCUT2D eigenvalue weighted by atomic mass is 35.5. The first-order valence-electron chi connectivity index (χ1n) is 9.69. The molecule has 4 nitrogen and oxygen atoms in total. The van der Waals surface area contributed by atoms with E-state index in [2.05, 4.69) is 12.1 Å². The Morgan fingerprint density at radius 2 is 1.83 bits per heavy atom. The van der Waals surface area contributed by atoms with Crippen molar-refractivity contribution in [3.05, 3.63) is 63.9 Å². The number of benzene rings is 2. The maximum absolute atomic E-state index is 14.3. The molecule has 2 amide bonds. The summed E-state index contributed by atoms with van der Waals surface area (Å²) in [6.45, 7) is 8.02. The second kappa shape index (κ2) is 6.11. The molecule has 1 saturated heterocycles. The van der Waals surface area contributed by atoms with Gasteiger partial charge < -0.3 is 0 Å². The molecular weight excluding hydrogens is 423 g/mol. The highest BCUT2D eigenvalue weighted by molar-refractivity contribution is 8.02. The van der Waals surface area contributed by atoms with Crippen molar-refractivity contribution in [3.63, 3.8) is 0 Å². The van der Waals surface area contributed by atoms with Crippen LogP contribution in [0.2, 0.25) is 5.02 Å². The molecule has 1 spiro atoms. The third kappa shape index (κ3) is 2.35. The van der Waals surface area contributed by atoms with Crippen molar-refractivity contribution in [2.75, 3.05) is 15.6 Å². The van der Waals surface area contributed by atoms with Crippen molar-refractivity contribution < 1.29 is 14.0 Å². The minimum Gasteiger partial charge on any atom is -0.299 e. The molecule has 3 aliphatic rings. The topological polar surface area (TPSA) is 40.6 Å². The SMILES string of the molecule is CC1=CC(C)(C)N2C(=O)[C@]3(SCC(=O)N3c3ccc(Cl)c(F)c3)c3cc(C)cc1c32. The number of anilines is 2. The maximum atomic E-state index is 14.3. The Labute approximate surface area is 183 Å². The van der Waals surface area contributed by atoms with E-state index >= 15 is 0 Å². The molecule has 0 saturated carbocycles. The molecule has 0 bridgehead atoms. The molecular formula is C23H20ClFN2O2S. The number of rotatable bonds is 1. The van der Waals surface area contributed by atoms with Gasteiger partial charge in [0.25, 0.3) is 5.91 Å². The van der Waals surface area contributed by atoms with E-state index in [9.17, 15) is 14.0 Å². The standard InChI is InChI=1S/C23H20ClFN2O2S/c1-12-7-15-13(2)10-22(3,4)27-20(15)16(8-12)23(21(27)29)26(19(28)11-30-23)14-5-6-17(24)18(25)9-14/h5-10H,11H2,1-4H3/t23-/m1/s1. The van der Waals surface area contributed by atoms with Gasteiger partial charge in [0.15, 0.2) is 0 Å². The lowest BCUT2D eigenvalue weighted by Crippen LogP contribution is -2.54.